The van der Waals surface area contributed by atoms with E-state index in [0.717, 1.165) is 0 Å². The maximum Gasteiger partial charge on any atom is 0.338 e. The highest BCUT2D eigenvalue weighted by Crippen LogP contribution is 2.14. The number of benzene rings is 8. The van der Waals surface area contributed by atoms with E-state index in [4.69, 9.17) is 19.7 Å². The van der Waals surface area contributed by atoms with E-state index in [-0.39, 0.29) is 37.9 Å². The van der Waals surface area contributed by atoms with Gasteiger partial charge in [0.15, 0.2) is 0 Å². The Morgan fingerprint density at radius 3 is 0.721 bits per heavy atom. The Labute approximate surface area is 399 Å². The molecule has 8 rings (SSSR count). The van der Waals surface area contributed by atoms with Gasteiger partial charge in [-0.05, 0) is 80.8 Å². The van der Waals surface area contributed by atoms with Crippen LogP contribution in [0.25, 0.3) is 32.3 Å². The molecule has 0 bridgehead atoms. The lowest BCUT2D eigenvalue weighted by molar-refractivity contribution is -0.0000338. The van der Waals surface area contributed by atoms with Crippen LogP contribution in [0.15, 0.2) is 194 Å². The molecule has 12 nitrogen and oxygen atoms in total. The van der Waals surface area contributed by atoms with Gasteiger partial charge in [-0.1, -0.05) is 146 Å². The van der Waals surface area contributed by atoms with E-state index < -0.39 is 24.1 Å². The van der Waals surface area contributed by atoms with E-state index in [1.165, 1.54) is 95.1 Å². The van der Waals surface area contributed by atoms with E-state index in [0.29, 0.717) is 11.1 Å². The van der Waals surface area contributed by atoms with Gasteiger partial charge in [0, 0.05) is 42.7 Å². The van der Waals surface area contributed by atoms with Gasteiger partial charge in [0.2, 0.25) is 0 Å². The molecule has 0 spiro atoms. The fourth-order valence-electron chi connectivity index (χ4n) is 5.59. The molecule has 0 aliphatic carbocycles. The van der Waals surface area contributed by atoms with Crippen LogP contribution in [-0.2, 0) is 28.4 Å². The van der Waals surface area contributed by atoms with Crippen LogP contribution in [-0.4, -0.2) is 114 Å². The van der Waals surface area contributed by atoms with Crippen molar-refractivity contribution in [3.05, 3.63) is 205 Å². The first-order chi connectivity index (χ1) is 33.0. The second-order valence-corrected chi connectivity index (χ2v) is 14.4. The standard InChI is InChI=1S/2C11H14O5.3C10H8.2C2H6O/c2*1-15-6-10(13)7-16-11(14)8-2-4-9(12)5-3-8;3*1-2-6-10-8-4-3-7-9(10)5-1;2*1-3-2/h2*2-5,10,12-13H,6-7H2,1H3;3*1-8H;2*1-2H3. The summed E-state index contributed by atoms with van der Waals surface area (Å²) in [5.41, 5.74) is 0.643. The minimum absolute atomic E-state index is 0.0796. The smallest absolute Gasteiger partial charge is 0.338 e. The number of phenolic OH excluding ortho intramolecular Hbond substituents is 2. The third-order valence-corrected chi connectivity index (χ3v) is 8.71. The number of aliphatic hydroxyl groups excluding tert-OH is 2. The first kappa shape index (κ1) is 57.0. The van der Waals surface area contributed by atoms with Crippen LogP contribution in [0.2, 0.25) is 0 Å². The Morgan fingerprint density at radius 2 is 0.544 bits per heavy atom. The SMILES string of the molecule is COC.COC.COCC(O)COC(=O)c1ccc(O)cc1.COCC(O)COC(=O)c1ccc(O)cc1.c1ccc2ccccc2c1.c1ccc2ccccc2c1.c1ccc2ccccc2c1. The third-order valence-electron chi connectivity index (χ3n) is 8.71. The van der Waals surface area contributed by atoms with Gasteiger partial charge in [0.05, 0.1) is 24.3 Å². The number of phenols is 2. The number of fused-ring (bicyclic) bond motifs is 3. The van der Waals surface area contributed by atoms with Crippen molar-refractivity contribution in [2.45, 2.75) is 12.2 Å². The molecule has 0 saturated heterocycles. The first-order valence-corrected chi connectivity index (χ1v) is 21.4. The molecule has 0 saturated carbocycles. The van der Waals surface area contributed by atoms with Gasteiger partial charge < -0.3 is 48.8 Å². The van der Waals surface area contributed by atoms with E-state index in [1.54, 1.807) is 28.4 Å². The number of ether oxygens (including phenoxy) is 6. The molecular formula is C56H64O12. The lowest BCUT2D eigenvalue weighted by atomic mass is 10.1. The molecule has 0 amide bonds. The van der Waals surface area contributed by atoms with Crippen molar-refractivity contribution in [2.75, 3.05) is 69.1 Å². The number of aliphatic hydroxyl groups is 2. The lowest BCUT2D eigenvalue weighted by Gasteiger charge is -2.10. The molecule has 12 heteroatoms. The number of methoxy groups -OCH3 is 4. The minimum atomic E-state index is -0.828. The maximum absolute atomic E-state index is 11.4. The van der Waals surface area contributed by atoms with E-state index in [1.807, 2.05) is 0 Å². The molecule has 8 aromatic rings. The summed E-state index contributed by atoms with van der Waals surface area (Å²) in [4.78, 5) is 22.8. The Bertz CT molecular complexity index is 2110. The van der Waals surface area contributed by atoms with Gasteiger partial charge in [0.25, 0.3) is 0 Å². The predicted molar refractivity (Wildman–Crippen MR) is 270 cm³/mol. The highest BCUT2D eigenvalue weighted by molar-refractivity contribution is 5.90. The van der Waals surface area contributed by atoms with Crippen molar-refractivity contribution in [3.8, 4) is 11.5 Å². The summed E-state index contributed by atoms with van der Waals surface area (Å²) in [5.74, 6) is -0.933. The summed E-state index contributed by atoms with van der Waals surface area (Å²) >= 11 is 0. The van der Waals surface area contributed by atoms with Gasteiger partial charge in [-0.3, -0.25) is 0 Å². The zero-order chi connectivity index (χ0) is 49.8. The average Bonchev–Trinajstić information content (AvgIpc) is 3.37. The number of hydrogen-bond donors (Lipinski definition) is 4. The average molecular weight is 929 g/mol. The van der Waals surface area contributed by atoms with Crippen LogP contribution in [0.4, 0.5) is 0 Å². The Morgan fingerprint density at radius 1 is 0.353 bits per heavy atom. The second kappa shape index (κ2) is 35.1. The summed E-state index contributed by atoms with van der Waals surface area (Å²) in [6.45, 7) is -0.00713. The maximum atomic E-state index is 11.4. The Hall–Kier alpha value is -7.16. The molecule has 2 atom stereocenters. The molecule has 0 heterocycles. The van der Waals surface area contributed by atoms with E-state index >= 15 is 0 Å². The van der Waals surface area contributed by atoms with Crippen molar-refractivity contribution in [3.63, 3.8) is 0 Å². The molecule has 0 aliphatic rings. The van der Waals surface area contributed by atoms with E-state index in [2.05, 4.69) is 165 Å². The van der Waals surface area contributed by atoms with Gasteiger partial charge in [-0.15, -0.1) is 0 Å². The van der Waals surface area contributed by atoms with Crippen LogP contribution in [0.3, 0.4) is 0 Å². The normalized spacial score (nSPS) is 10.6. The molecule has 68 heavy (non-hydrogen) atoms. The summed E-state index contributed by atoms with van der Waals surface area (Å²) in [5, 5.41) is 44.4. The minimum Gasteiger partial charge on any atom is -0.508 e. The summed E-state index contributed by atoms with van der Waals surface area (Å²) in [6.07, 6.45) is -1.66. The lowest BCUT2D eigenvalue weighted by Crippen LogP contribution is -2.23. The topological polar surface area (TPSA) is 170 Å². The Kier molecular flexibility index (Phi) is 29.4. The molecule has 4 N–H and O–H groups in total. The molecule has 2 unspecified atom stereocenters. The van der Waals surface area contributed by atoms with Crippen molar-refractivity contribution < 1.29 is 58.4 Å². The number of hydrogen-bond acceptors (Lipinski definition) is 12. The van der Waals surface area contributed by atoms with Crippen LogP contribution in [0.5, 0.6) is 11.5 Å². The predicted octanol–water partition coefficient (Wildman–Crippen LogP) is 10.2. The molecule has 0 aliphatic heterocycles. The number of esters is 2. The number of aromatic hydroxyl groups is 2. The largest absolute Gasteiger partial charge is 0.508 e. The highest BCUT2D eigenvalue weighted by Gasteiger charge is 2.12. The summed E-state index contributed by atoms with van der Waals surface area (Å²) in [6, 6.07) is 61.5. The fraction of sp³-hybridized carbons (Fsp3) is 0.214. The zero-order valence-electron chi connectivity index (χ0n) is 39.5. The molecule has 8 aromatic carbocycles. The molecule has 360 valence electrons. The second-order valence-electron chi connectivity index (χ2n) is 14.4. The summed E-state index contributed by atoms with van der Waals surface area (Å²) in [7, 11) is 9.40. The van der Waals surface area contributed by atoms with Crippen molar-refractivity contribution >= 4 is 44.3 Å². The van der Waals surface area contributed by atoms with Crippen LogP contribution >= 0.6 is 0 Å². The molecular weight excluding hydrogens is 865 g/mol. The number of carbonyl (C=O) groups excluding carboxylic acids is 2. The van der Waals surface area contributed by atoms with E-state index in [9.17, 15) is 19.8 Å². The first-order valence-electron chi connectivity index (χ1n) is 21.4. The van der Waals surface area contributed by atoms with Crippen molar-refractivity contribution in [1.29, 1.82) is 0 Å². The third kappa shape index (κ3) is 23.9. The molecule has 0 radical (unpaired) electrons. The van der Waals surface area contributed by atoms with Gasteiger partial charge in [-0.25, -0.2) is 9.59 Å². The van der Waals surface area contributed by atoms with Crippen LogP contribution in [0, 0.1) is 0 Å². The van der Waals surface area contributed by atoms with Crippen LogP contribution in [0.1, 0.15) is 20.7 Å². The zero-order valence-corrected chi connectivity index (χ0v) is 39.5. The quantitative estimate of drug-likeness (QED) is 0.0959. The van der Waals surface area contributed by atoms with Gasteiger partial charge >= 0.3 is 11.9 Å². The van der Waals surface area contributed by atoms with Gasteiger partial charge in [-0.2, -0.15) is 0 Å². The van der Waals surface area contributed by atoms with Crippen molar-refractivity contribution in [1.82, 2.24) is 0 Å². The molecule has 0 fully saturated rings. The highest BCUT2D eigenvalue weighted by atomic mass is 16.6. The Balaban J connectivity index is 0.000000287. The van der Waals surface area contributed by atoms with Crippen molar-refractivity contribution in [2.24, 2.45) is 0 Å². The fourth-order valence-corrected chi connectivity index (χ4v) is 5.59. The number of rotatable bonds is 10. The monoisotopic (exact) mass is 928 g/mol. The molecule has 0 aromatic heterocycles. The summed E-state index contributed by atoms with van der Waals surface area (Å²) < 4.78 is 27.5. The van der Waals surface area contributed by atoms with Crippen LogP contribution < -0.4 is 0 Å². The number of carbonyl (C=O) groups is 2. The van der Waals surface area contributed by atoms with Gasteiger partial charge in [0.1, 0.15) is 36.9 Å².